The molecule has 1 atom stereocenters. The van der Waals surface area contributed by atoms with Gasteiger partial charge in [0.2, 0.25) is 11.8 Å². The fourth-order valence-electron chi connectivity index (χ4n) is 3.73. The lowest BCUT2D eigenvalue weighted by molar-refractivity contribution is -0.139. The van der Waals surface area contributed by atoms with Crippen molar-refractivity contribution >= 4 is 39.1 Å². The maximum absolute atomic E-state index is 13.7. The Morgan fingerprint density at radius 3 is 2.17 bits per heavy atom. The second kappa shape index (κ2) is 11.6. The zero-order chi connectivity index (χ0) is 26.5. The van der Waals surface area contributed by atoms with E-state index in [4.69, 9.17) is 11.6 Å². The number of benzene rings is 3. The van der Waals surface area contributed by atoms with Crippen LogP contribution in [0.4, 0.5) is 5.69 Å². The number of hydrogen-bond donors (Lipinski definition) is 1. The molecule has 0 aliphatic carbocycles. The first-order valence-corrected chi connectivity index (χ1v) is 13.3. The molecule has 0 spiro atoms. The summed E-state index contributed by atoms with van der Waals surface area (Å²) < 4.78 is 28.5. The van der Waals surface area contributed by atoms with E-state index in [1.165, 1.54) is 36.2 Å². The summed E-state index contributed by atoms with van der Waals surface area (Å²) in [5.41, 5.74) is 3.08. The summed E-state index contributed by atoms with van der Waals surface area (Å²) in [6.45, 7) is 5.09. The lowest BCUT2D eigenvalue weighted by Crippen LogP contribution is -2.50. The number of aryl methyl sites for hydroxylation is 2. The molecule has 0 heterocycles. The van der Waals surface area contributed by atoms with E-state index in [1.54, 1.807) is 25.1 Å². The van der Waals surface area contributed by atoms with E-state index in [0.717, 1.165) is 21.0 Å². The van der Waals surface area contributed by atoms with Gasteiger partial charge >= 0.3 is 0 Å². The summed E-state index contributed by atoms with van der Waals surface area (Å²) in [5, 5.41) is 2.97. The third-order valence-corrected chi connectivity index (χ3v) is 7.90. The summed E-state index contributed by atoms with van der Waals surface area (Å²) in [6, 6.07) is 19.5. The highest BCUT2D eigenvalue weighted by molar-refractivity contribution is 7.92. The van der Waals surface area contributed by atoms with Gasteiger partial charge in [-0.2, -0.15) is 0 Å². The van der Waals surface area contributed by atoms with Gasteiger partial charge in [0.05, 0.1) is 10.6 Å². The van der Waals surface area contributed by atoms with Crippen molar-refractivity contribution in [3.8, 4) is 0 Å². The summed E-state index contributed by atoms with van der Waals surface area (Å²) in [5.74, 6) is -0.858. The van der Waals surface area contributed by atoms with E-state index >= 15 is 0 Å². The number of carbonyl (C=O) groups is 2. The molecule has 2 amide bonds. The third kappa shape index (κ3) is 6.44. The van der Waals surface area contributed by atoms with Crippen LogP contribution in [0.5, 0.6) is 0 Å². The Kier molecular flexibility index (Phi) is 8.76. The van der Waals surface area contributed by atoms with Gasteiger partial charge in [0.1, 0.15) is 12.6 Å². The lowest BCUT2D eigenvalue weighted by atomic mass is 10.1. The second-order valence-corrected chi connectivity index (χ2v) is 10.9. The van der Waals surface area contributed by atoms with Gasteiger partial charge in [-0.15, -0.1) is 0 Å². The molecule has 3 aromatic rings. The Morgan fingerprint density at radius 1 is 0.944 bits per heavy atom. The number of likely N-dealkylation sites (N-methyl/N-ethyl adjacent to an activating group) is 1. The van der Waals surface area contributed by atoms with Gasteiger partial charge in [0.15, 0.2) is 0 Å². The van der Waals surface area contributed by atoms with E-state index in [1.807, 2.05) is 44.2 Å². The number of nitrogens with zero attached hydrogens (tertiary/aromatic N) is 2. The maximum atomic E-state index is 13.7. The van der Waals surface area contributed by atoms with Crippen LogP contribution in [0.3, 0.4) is 0 Å². The summed E-state index contributed by atoms with van der Waals surface area (Å²) >= 11 is 5.96. The van der Waals surface area contributed by atoms with Crippen molar-refractivity contribution in [1.82, 2.24) is 10.2 Å². The highest BCUT2D eigenvalue weighted by Crippen LogP contribution is 2.26. The van der Waals surface area contributed by atoms with Gasteiger partial charge in [-0.3, -0.25) is 13.9 Å². The third-order valence-electron chi connectivity index (χ3n) is 5.86. The molecule has 0 aliphatic heterocycles. The average Bonchev–Trinajstić information content (AvgIpc) is 2.86. The van der Waals surface area contributed by atoms with Gasteiger partial charge in [-0.25, -0.2) is 8.42 Å². The number of sulfonamides is 1. The molecular weight excluding hydrogens is 498 g/mol. The van der Waals surface area contributed by atoms with E-state index in [2.05, 4.69) is 5.32 Å². The van der Waals surface area contributed by atoms with Crippen LogP contribution >= 0.6 is 11.6 Å². The summed E-state index contributed by atoms with van der Waals surface area (Å²) in [7, 11) is -2.62. The monoisotopic (exact) mass is 527 g/mol. The van der Waals surface area contributed by atoms with Crippen molar-refractivity contribution in [1.29, 1.82) is 0 Å². The normalized spacial score (nSPS) is 12.0. The molecule has 1 unspecified atom stereocenters. The minimum absolute atomic E-state index is 0.00522. The first-order chi connectivity index (χ1) is 17.0. The van der Waals surface area contributed by atoms with Crippen LogP contribution < -0.4 is 9.62 Å². The van der Waals surface area contributed by atoms with Crippen LogP contribution in [0.2, 0.25) is 5.02 Å². The average molecular weight is 528 g/mol. The van der Waals surface area contributed by atoms with Crippen LogP contribution in [0, 0.1) is 13.8 Å². The molecule has 0 saturated carbocycles. The SMILES string of the molecule is CNC(=O)C(C)N(Cc1ccc(C)cc1)C(=O)CN(c1cccc(C)c1)S(=O)(=O)c1ccc(Cl)cc1. The Bertz CT molecular complexity index is 1330. The predicted molar refractivity (Wildman–Crippen MR) is 142 cm³/mol. The van der Waals surface area contributed by atoms with Gasteiger partial charge in [0.25, 0.3) is 10.0 Å². The lowest BCUT2D eigenvalue weighted by Gasteiger charge is -2.32. The number of nitrogens with one attached hydrogen (secondary N) is 1. The molecule has 0 fully saturated rings. The van der Waals surface area contributed by atoms with Crippen LogP contribution in [0.25, 0.3) is 0 Å². The molecule has 0 aliphatic rings. The number of halogens is 1. The van der Waals surface area contributed by atoms with Crippen LogP contribution in [-0.4, -0.2) is 44.8 Å². The first kappa shape index (κ1) is 27.2. The molecule has 3 aromatic carbocycles. The van der Waals surface area contributed by atoms with Gasteiger partial charge in [-0.1, -0.05) is 53.6 Å². The fourth-order valence-corrected chi connectivity index (χ4v) is 5.26. The Hall–Kier alpha value is -3.36. The largest absolute Gasteiger partial charge is 0.357 e. The molecule has 190 valence electrons. The molecule has 7 nitrogen and oxygen atoms in total. The maximum Gasteiger partial charge on any atom is 0.264 e. The van der Waals surface area contributed by atoms with Gasteiger partial charge in [-0.05, 0) is 68.3 Å². The Morgan fingerprint density at radius 2 is 1.58 bits per heavy atom. The van der Waals surface area contributed by atoms with E-state index in [9.17, 15) is 18.0 Å². The molecule has 0 aromatic heterocycles. The van der Waals surface area contributed by atoms with Crippen molar-refractivity contribution in [2.24, 2.45) is 0 Å². The molecule has 0 radical (unpaired) electrons. The highest BCUT2D eigenvalue weighted by atomic mass is 35.5. The van der Waals surface area contributed by atoms with Gasteiger partial charge < -0.3 is 10.2 Å². The summed E-state index contributed by atoms with van der Waals surface area (Å²) in [6.07, 6.45) is 0. The predicted octanol–water partition coefficient (Wildman–Crippen LogP) is 4.32. The van der Waals surface area contributed by atoms with Crippen LogP contribution in [-0.2, 0) is 26.2 Å². The topological polar surface area (TPSA) is 86.8 Å². The quantitative estimate of drug-likeness (QED) is 0.449. The molecule has 36 heavy (non-hydrogen) atoms. The van der Waals surface area contributed by atoms with Crippen LogP contribution in [0.15, 0.2) is 77.7 Å². The molecule has 9 heteroatoms. The zero-order valence-corrected chi connectivity index (χ0v) is 22.3. The minimum atomic E-state index is -4.12. The van der Waals surface area contributed by atoms with Crippen molar-refractivity contribution in [2.75, 3.05) is 17.9 Å². The first-order valence-electron chi connectivity index (χ1n) is 11.4. The van der Waals surface area contributed by atoms with Crippen molar-refractivity contribution in [3.05, 3.63) is 94.5 Å². The molecule has 0 saturated heterocycles. The number of hydrogen-bond acceptors (Lipinski definition) is 4. The molecule has 1 N–H and O–H groups in total. The molecule has 0 bridgehead atoms. The number of rotatable bonds is 9. The molecular formula is C27H30ClN3O4S. The van der Waals surface area contributed by atoms with Crippen LogP contribution in [0.1, 0.15) is 23.6 Å². The smallest absolute Gasteiger partial charge is 0.264 e. The fraction of sp³-hybridized carbons (Fsp3) is 0.259. The zero-order valence-electron chi connectivity index (χ0n) is 20.7. The second-order valence-electron chi connectivity index (χ2n) is 8.60. The number of carbonyl (C=O) groups excluding carboxylic acids is 2. The Labute approximate surface area is 217 Å². The van der Waals surface area contributed by atoms with Crippen molar-refractivity contribution in [3.63, 3.8) is 0 Å². The van der Waals surface area contributed by atoms with Gasteiger partial charge in [0, 0.05) is 18.6 Å². The standard InChI is InChI=1S/C27H30ClN3O4S/c1-19-8-10-22(11-9-19)17-30(21(3)27(33)29-4)26(32)18-31(24-7-5-6-20(2)16-24)36(34,35)25-14-12-23(28)13-15-25/h5-16,21H,17-18H2,1-4H3,(H,29,33). The van der Waals surface area contributed by atoms with E-state index in [0.29, 0.717) is 10.7 Å². The Balaban J connectivity index is 2.02. The molecule has 3 rings (SSSR count). The van der Waals surface area contributed by atoms with E-state index in [-0.39, 0.29) is 17.3 Å². The number of amides is 2. The number of anilines is 1. The highest BCUT2D eigenvalue weighted by Gasteiger charge is 2.32. The minimum Gasteiger partial charge on any atom is -0.357 e. The summed E-state index contributed by atoms with van der Waals surface area (Å²) in [4.78, 5) is 27.6. The van der Waals surface area contributed by atoms with Crippen molar-refractivity contribution in [2.45, 2.75) is 38.3 Å². The van der Waals surface area contributed by atoms with E-state index < -0.39 is 28.5 Å². The van der Waals surface area contributed by atoms with Crippen molar-refractivity contribution < 1.29 is 18.0 Å².